The van der Waals surface area contributed by atoms with E-state index in [1.165, 1.54) is 0 Å². The summed E-state index contributed by atoms with van der Waals surface area (Å²) in [7, 11) is 0. The second-order valence-corrected chi connectivity index (χ2v) is 5.81. The maximum Gasteiger partial charge on any atom is 0.264 e. The second-order valence-electron chi connectivity index (χ2n) is 5.81. The molecule has 0 radical (unpaired) electrons. The molecule has 1 saturated heterocycles. The molecule has 20 heavy (non-hydrogen) atoms. The summed E-state index contributed by atoms with van der Waals surface area (Å²) in [4.78, 5) is 17.4. The van der Waals surface area contributed by atoms with Gasteiger partial charge in [-0.3, -0.25) is 4.79 Å². The Labute approximate surface area is 116 Å². The number of nitrogens with zero attached hydrogens (tertiary/aromatic N) is 3. The molecule has 1 fully saturated rings. The van der Waals surface area contributed by atoms with Crippen LogP contribution in [0.5, 0.6) is 0 Å². The molecule has 0 atom stereocenters. The van der Waals surface area contributed by atoms with E-state index >= 15 is 0 Å². The van der Waals surface area contributed by atoms with E-state index < -0.39 is 0 Å². The van der Waals surface area contributed by atoms with Crippen LogP contribution in [0.3, 0.4) is 0 Å². The van der Waals surface area contributed by atoms with E-state index in [1.807, 2.05) is 0 Å². The van der Waals surface area contributed by atoms with Gasteiger partial charge in [-0.05, 0) is 51.6 Å². The Hall–Kier alpha value is -1.69. The van der Waals surface area contributed by atoms with Crippen molar-refractivity contribution in [1.82, 2.24) is 24.9 Å². The van der Waals surface area contributed by atoms with Crippen molar-refractivity contribution in [3.63, 3.8) is 0 Å². The first-order valence-corrected chi connectivity index (χ1v) is 7.54. The Morgan fingerprint density at radius 2 is 1.95 bits per heavy atom. The molecule has 0 amide bonds. The zero-order valence-electron chi connectivity index (χ0n) is 11.5. The van der Waals surface area contributed by atoms with Crippen LogP contribution in [0.15, 0.2) is 4.79 Å². The number of fused-ring (bicyclic) bond motifs is 2. The molecule has 1 aliphatic heterocycles. The van der Waals surface area contributed by atoms with Crippen molar-refractivity contribution in [2.45, 2.75) is 44.4 Å². The Bertz CT molecular complexity index is 695. The van der Waals surface area contributed by atoms with Crippen molar-refractivity contribution in [2.24, 2.45) is 0 Å². The highest BCUT2D eigenvalue weighted by molar-refractivity contribution is 5.35. The predicted octanol–water partition coefficient (Wildman–Crippen LogP) is 0.763. The minimum atomic E-state index is 0.104. The number of hydrogen-bond donors (Lipinski definition) is 2. The SMILES string of the molecule is O=c1c2c(nc3[nH]nc(C4CCNCC4)n13)CCCC2. The van der Waals surface area contributed by atoms with Crippen LogP contribution in [-0.2, 0) is 12.8 Å². The molecule has 2 aromatic heterocycles. The molecular formula is C14H19N5O. The molecule has 0 saturated carbocycles. The molecule has 0 aromatic carbocycles. The molecule has 6 heteroatoms. The lowest BCUT2D eigenvalue weighted by Crippen LogP contribution is -2.30. The van der Waals surface area contributed by atoms with Crippen molar-refractivity contribution in [3.05, 3.63) is 27.4 Å². The first-order valence-electron chi connectivity index (χ1n) is 7.54. The Morgan fingerprint density at radius 3 is 2.80 bits per heavy atom. The van der Waals surface area contributed by atoms with E-state index in [1.54, 1.807) is 4.40 Å². The van der Waals surface area contributed by atoms with Gasteiger partial charge in [0.15, 0.2) is 0 Å². The fourth-order valence-electron chi connectivity index (χ4n) is 3.45. The average molecular weight is 273 g/mol. The smallest absolute Gasteiger partial charge is 0.264 e. The van der Waals surface area contributed by atoms with Crippen LogP contribution in [0.25, 0.3) is 5.78 Å². The number of H-pyrrole nitrogens is 1. The number of hydrogen-bond acceptors (Lipinski definition) is 4. The third-order valence-electron chi connectivity index (χ3n) is 4.56. The zero-order chi connectivity index (χ0) is 13.5. The van der Waals surface area contributed by atoms with E-state index in [4.69, 9.17) is 0 Å². The van der Waals surface area contributed by atoms with Gasteiger partial charge in [0, 0.05) is 11.5 Å². The normalized spacial score (nSPS) is 20.2. The molecule has 1 aliphatic carbocycles. The van der Waals surface area contributed by atoms with E-state index in [0.717, 1.165) is 68.7 Å². The summed E-state index contributed by atoms with van der Waals surface area (Å²) in [6.45, 7) is 1.98. The molecule has 2 aromatic rings. The highest BCUT2D eigenvalue weighted by atomic mass is 16.1. The number of aromatic nitrogens is 4. The number of rotatable bonds is 1. The molecule has 0 unspecified atom stereocenters. The van der Waals surface area contributed by atoms with Crippen LogP contribution in [0.4, 0.5) is 0 Å². The first-order chi connectivity index (χ1) is 9.84. The highest BCUT2D eigenvalue weighted by Gasteiger charge is 2.24. The topological polar surface area (TPSA) is 75.1 Å². The maximum absolute atomic E-state index is 12.7. The van der Waals surface area contributed by atoms with Crippen LogP contribution in [-0.4, -0.2) is 32.7 Å². The van der Waals surface area contributed by atoms with Gasteiger partial charge < -0.3 is 5.32 Å². The van der Waals surface area contributed by atoms with Crippen LogP contribution in [0.1, 0.15) is 48.7 Å². The molecule has 2 aliphatic rings. The minimum Gasteiger partial charge on any atom is -0.317 e. The molecule has 4 rings (SSSR count). The summed E-state index contributed by atoms with van der Waals surface area (Å²) in [6.07, 6.45) is 6.07. The number of aromatic amines is 1. The largest absolute Gasteiger partial charge is 0.317 e. The average Bonchev–Trinajstić information content (AvgIpc) is 2.92. The van der Waals surface area contributed by atoms with Gasteiger partial charge in [0.05, 0.1) is 5.69 Å². The van der Waals surface area contributed by atoms with Gasteiger partial charge in [0.25, 0.3) is 5.56 Å². The number of aryl methyl sites for hydroxylation is 1. The summed E-state index contributed by atoms with van der Waals surface area (Å²) in [6, 6.07) is 0. The van der Waals surface area contributed by atoms with Gasteiger partial charge in [-0.2, -0.15) is 5.10 Å². The Kier molecular flexibility index (Phi) is 2.84. The third-order valence-corrected chi connectivity index (χ3v) is 4.56. The van der Waals surface area contributed by atoms with Crippen LogP contribution >= 0.6 is 0 Å². The van der Waals surface area contributed by atoms with E-state index in [2.05, 4.69) is 20.5 Å². The van der Waals surface area contributed by atoms with Crippen molar-refractivity contribution in [2.75, 3.05) is 13.1 Å². The van der Waals surface area contributed by atoms with Crippen molar-refractivity contribution < 1.29 is 0 Å². The third kappa shape index (κ3) is 1.78. The maximum atomic E-state index is 12.7. The molecule has 0 spiro atoms. The van der Waals surface area contributed by atoms with Crippen molar-refractivity contribution in [3.8, 4) is 0 Å². The van der Waals surface area contributed by atoms with Gasteiger partial charge in [-0.15, -0.1) is 0 Å². The van der Waals surface area contributed by atoms with Crippen LogP contribution in [0.2, 0.25) is 0 Å². The molecular weight excluding hydrogens is 254 g/mol. The molecule has 0 bridgehead atoms. The van der Waals surface area contributed by atoms with Gasteiger partial charge >= 0.3 is 0 Å². The lowest BCUT2D eigenvalue weighted by molar-refractivity contribution is 0.441. The minimum absolute atomic E-state index is 0.104. The van der Waals surface area contributed by atoms with Crippen molar-refractivity contribution >= 4 is 5.78 Å². The Morgan fingerprint density at radius 1 is 1.15 bits per heavy atom. The Balaban J connectivity index is 1.89. The lowest BCUT2D eigenvalue weighted by Gasteiger charge is -2.21. The number of piperidine rings is 1. The lowest BCUT2D eigenvalue weighted by atomic mass is 9.96. The van der Waals surface area contributed by atoms with Gasteiger partial charge in [0.1, 0.15) is 5.82 Å². The van der Waals surface area contributed by atoms with Crippen LogP contribution < -0.4 is 10.9 Å². The van der Waals surface area contributed by atoms with Gasteiger partial charge in [0.2, 0.25) is 5.78 Å². The summed E-state index contributed by atoms with van der Waals surface area (Å²) in [5.74, 6) is 1.84. The standard InChI is InChI=1S/C14H19N5O/c20-13-10-3-1-2-4-11(10)16-14-18-17-12(19(13)14)9-5-7-15-8-6-9/h9,15H,1-8H2,(H,16,18). The van der Waals surface area contributed by atoms with E-state index in [-0.39, 0.29) is 5.56 Å². The summed E-state index contributed by atoms with van der Waals surface area (Å²) in [5, 5.41) is 10.7. The monoisotopic (exact) mass is 273 g/mol. The first kappa shape index (κ1) is 12.1. The summed E-state index contributed by atoms with van der Waals surface area (Å²) < 4.78 is 1.72. The van der Waals surface area contributed by atoms with E-state index in [0.29, 0.717) is 11.7 Å². The number of nitrogens with one attached hydrogen (secondary N) is 2. The predicted molar refractivity (Wildman–Crippen MR) is 75.1 cm³/mol. The fourth-order valence-corrected chi connectivity index (χ4v) is 3.45. The summed E-state index contributed by atoms with van der Waals surface area (Å²) in [5.41, 5.74) is 1.99. The van der Waals surface area contributed by atoms with Gasteiger partial charge in [-0.25, -0.2) is 14.5 Å². The van der Waals surface area contributed by atoms with E-state index in [9.17, 15) is 4.79 Å². The summed E-state index contributed by atoms with van der Waals surface area (Å²) >= 11 is 0. The molecule has 3 heterocycles. The molecule has 6 nitrogen and oxygen atoms in total. The zero-order valence-corrected chi connectivity index (χ0v) is 11.5. The molecule has 106 valence electrons. The second kappa shape index (κ2) is 4.70. The van der Waals surface area contributed by atoms with Crippen LogP contribution in [0, 0.1) is 0 Å². The van der Waals surface area contributed by atoms with Gasteiger partial charge in [-0.1, -0.05) is 0 Å². The molecule has 2 N–H and O–H groups in total. The highest BCUT2D eigenvalue weighted by Crippen LogP contribution is 2.24. The van der Waals surface area contributed by atoms with Crippen molar-refractivity contribution in [1.29, 1.82) is 0 Å². The fraction of sp³-hybridized carbons (Fsp3) is 0.643. The quantitative estimate of drug-likeness (QED) is 0.804.